The summed E-state index contributed by atoms with van der Waals surface area (Å²) in [7, 11) is 0. The number of nitrogens with zero attached hydrogens (tertiary/aromatic N) is 1. The number of amides is 1. The predicted octanol–water partition coefficient (Wildman–Crippen LogP) is -0.340. The van der Waals surface area contributed by atoms with Gasteiger partial charge in [-0.3, -0.25) is 10.2 Å². The van der Waals surface area contributed by atoms with E-state index in [1.807, 2.05) is 0 Å². The molecule has 1 fully saturated rings. The largest absolute Gasteiger partial charge is 0.392 e. The number of piperidine rings is 1. The Morgan fingerprint density at radius 3 is 3.08 bits per heavy atom. The van der Waals surface area contributed by atoms with E-state index in [0.29, 0.717) is 6.54 Å². The highest BCUT2D eigenvalue weighted by molar-refractivity contribution is 5.86. The zero-order valence-corrected chi connectivity index (χ0v) is 6.99. The van der Waals surface area contributed by atoms with Gasteiger partial charge in [-0.1, -0.05) is 6.58 Å². The lowest BCUT2D eigenvalue weighted by atomic mass is 10.1. The Morgan fingerprint density at radius 2 is 2.50 bits per heavy atom. The number of rotatable bonds is 2. The average molecular weight is 170 g/mol. The molecule has 2 N–H and O–H groups in total. The second-order valence-corrected chi connectivity index (χ2v) is 2.92. The quantitative estimate of drug-likeness (QED) is 0.557. The minimum atomic E-state index is -0.316. The third-order valence-corrected chi connectivity index (χ3v) is 1.85. The smallest absolute Gasteiger partial charge is 0.257 e. The zero-order chi connectivity index (χ0) is 8.97. The molecule has 1 atom stereocenters. The van der Waals surface area contributed by atoms with Crippen LogP contribution in [0.1, 0.15) is 12.8 Å². The third-order valence-electron chi connectivity index (χ3n) is 1.85. The van der Waals surface area contributed by atoms with Gasteiger partial charge < -0.3 is 5.11 Å². The Balaban J connectivity index is 2.31. The van der Waals surface area contributed by atoms with Gasteiger partial charge in [0, 0.05) is 13.1 Å². The van der Waals surface area contributed by atoms with Crippen LogP contribution in [0.3, 0.4) is 0 Å². The molecular weight excluding hydrogens is 156 g/mol. The van der Waals surface area contributed by atoms with Crippen LogP contribution in [0.5, 0.6) is 0 Å². The number of hydrogen-bond acceptors (Lipinski definition) is 3. The van der Waals surface area contributed by atoms with Gasteiger partial charge in [0.2, 0.25) is 0 Å². The molecule has 1 aliphatic rings. The number of hydrazine groups is 1. The van der Waals surface area contributed by atoms with Crippen molar-refractivity contribution in [3.8, 4) is 0 Å². The van der Waals surface area contributed by atoms with E-state index in [2.05, 4.69) is 12.0 Å². The van der Waals surface area contributed by atoms with E-state index in [1.54, 1.807) is 5.01 Å². The van der Waals surface area contributed by atoms with E-state index < -0.39 is 0 Å². The van der Waals surface area contributed by atoms with E-state index >= 15 is 0 Å². The lowest BCUT2D eigenvalue weighted by molar-refractivity contribution is -0.122. The second-order valence-electron chi connectivity index (χ2n) is 2.92. The van der Waals surface area contributed by atoms with Gasteiger partial charge in [-0.2, -0.15) is 0 Å². The number of aliphatic hydroxyl groups is 1. The summed E-state index contributed by atoms with van der Waals surface area (Å²) < 4.78 is 0. The highest BCUT2D eigenvalue weighted by Gasteiger charge is 2.17. The molecule has 0 aromatic carbocycles. The van der Waals surface area contributed by atoms with Crippen molar-refractivity contribution in [1.29, 1.82) is 0 Å². The summed E-state index contributed by atoms with van der Waals surface area (Å²) >= 11 is 0. The van der Waals surface area contributed by atoms with Gasteiger partial charge in [0.1, 0.15) is 0 Å². The van der Waals surface area contributed by atoms with Crippen molar-refractivity contribution in [3.05, 3.63) is 12.7 Å². The molecule has 1 unspecified atom stereocenters. The molecule has 0 radical (unpaired) electrons. The van der Waals surface area contributed by atoms with Gasteiger partial charge >= 0.3 is 0 Å². The molecule has 0 aliphatic carbocycles. The van der Waals surface area contributed by atoms with Gasteiger partial charge in [-0.25, -0.2) is 5.01 Å². The summed E-state index contributed by atoms with van der Waals surface area (Å²) in [5.74, 6) is -0.218. The standard InChI is InChI=1S/C8H14N2O2/c1-2-8(12)9-10-5-3-4-7(11)6-10/h2,7,11H,1,3-6H2,(H,9,12). The predicted molar refractivity (Wildman–Crippen MR) is 45.2 cm³/mol. The highest BCUT2D eigenvalue weighted by atomic mass is 16.3. The summed E-state index contributed by atoms with van der Waals surface area (Å²) in [6.07, 6.45) is 2.64. The van der Waals surface area contributed by atoms with Gasteiger partial charge in [-0.05, 0) is 18.9 Å². The molecular formula is C8H14N2O2. The topological polar surface area (TPSA) is 52.6 Å². The fraction of sp³-hybridized carbons (Fsp3) is 0.625. The highest BCUT2D eigenvalue weighted by Crippen LogP contribution is 2.06. The van der Waals surface area contributed by atoms with Gasteiger partial charge in [0.15, 0.2) is 0 Å². The van der Waals surface area contributed by atoms with Crippen LogP contribution < -0.4 is 5.43 Å². The first-order valence-corrected chi connectivity index (χ1v) is 4.08. The molecule has 0 aromatic heterocycles. The number of aliphatic hydroxyl groups excluding tert-OH is 1. The number of nitrogens with one attached hydrogen (secondary N) is 1. The van der Waals surface area contributed by atoms with Crippen molar-refractivity contribution in [2.45, 2.75) is 18.9 Å². The fourth-order valence-corrected chi connectivity index (χ4v) is 1.26. The Hall–Kier alpha value is -0.870. The number of carbonyl (C=O) groups is 1. The maximum atomic E-state index is 10.8. The lowest BCUT2D eigenvalue weighted by Gasteiger charge is -2.29. The van der Waals surface area contributed by atoms with Crippen molar-refractivity contribution in [1.82, 2.24) is 10.4 Å². The SMILES string of the molecule is C=CC(=O)NN1CCCC(O)C1. The number of β-amino-alcohol motifs (C(OH)–C–C–N with tert-alkyl or cyclic N) is 1. The molecule has 1 rings (SSSR count). The van der Waals surface area contributed by atoms with Crippen molar-refractivity contribution in [3.63, 3.8) is 0 Å². The lowest BCUT2D eigenvalue weighted by Crippen LogP contribution is -2.48. The molecule has 12 heavy (non-hydrogen) atoms. The Bertz CT molecular complexity index is 182. The van der Waals surface area contributed by atoms with E-state index in [-0.39, 0.29) is 12.0 Å². The first kappa shape index (κ1) is 9.22. The van der Waals surface area contributed by atoms with Gasteiger partial charge in [0.05, 0.1) is 6.10 Å². The maximum Gasteiger partial charge on any atom is 0.257 e. The fourth-order valence-electron chi connectivity index (χ4n) is 1.26. The summed E-state index contributed by atoms with van der Waals surface area (Å²) in [4.78, 5) is 10.8. The zero-order valence-electron chi connectivity index (χ0n) is 6.99. The van der Waals surface area contributed by atoms with E-state index in [9.17, 15) is 9.90 Å². The van der Waals surface area contributed by atoms with E-state index in [0.717, 1.165) is 19.4 Å². The molecule has 0 bridgehead atoms. The Kier molecular flexibility index (Phi) is 3.25. The van der Waals surface area contributed by atoms with Crippen LogP contribution in [0.2, 0.25) is 0 Å². The summed E-state index contributed by atoms with van der Waals surface area (Å²) in [6, 6.07) is 0. The summed E-state index contributed by atoms with van der Waals surface area (Å²) in [5, 5.41) is 11.0. The summed E-state index contributed by atoms with van der Waals surface area (Å²) in [6.45, 7) is 4.66. The van der Waals surface area contributed by atoms with Crippen LogP contribution in [-0.2, 0) is 4.79 Å². The van der Waals surface area contributed by atoms with Crippen LogP contribution in [0.15, 0.2) is 12.7 Å². The normalized spacial score (nSPS) is 24.9. The second kappa shape index (κ2) is 4.23. The minimum Gasteiger partial charge on any atom is -0.392 e. The molecule has 4 heteroatoms. The Morgan fingerprint density at radius 1 is 1.75 bits per heavy atom. The molecule has 1 amide bonds. The summed E-state index contributed by atoms with van der Waals surface area (Å²) in [5.41, 5.74) is 2.62. The third kappa shape index (κ3) is 2.64. The van der Waals surface area contributed by atoms with Crippen LogP contribution >= 0.6 is 0 Å². The molecule has 1 heterocycles. The first-order chi connectivity index (χ1) is 5.72. The Labute approximate surface area is 71.8 Å². The van der Waals surface area contributed by atoms with Crippen molar-refractivity contribution >= 4 is 5.91 Å². The van der Waals surface area contributed by atoms with Crippen LogP contribution in [0.4, 0.5) is 0 Å². The number of carbonyl (C=O) groups excluding carboxylic acids is 1. The molecule has 1 aliphatic heterocycles. The molecule has 68 valence electrons. The first-order valence-electron chi connectivity index (χ1n) is 4.08. The molecule has 4 nitrogen and oxygen atoms in total. The monoisotopic (exact) mass is 170 g/mol. The van der Waals surface area contributed by atoms with Crippen molar-refractivity contribution in [2.24, 2.45) is 0 Å². The van der Waals surface area contributed by atoms with Gasteiger partial charge in [-0.15, -0.1) is 0 Å². The molecule has 1 saturated heterocycles. The molecule has 0 saturated carbocycles. The van der Waals surface area contributed by atoms with E-state index in [1.165, 1.54) is 6.08 Å². The molecule has 0 spiro atoms. The van der Waals surface area contributed by atoms with Crippen LogP contribution in [0, 0.1) is 0 Å². The van der Waals surface area contributed by atoms with E-state index in [4.69, 9.17) is 0 Å². The van der Waals surface area contributed by atoms with Crippen LogP contribution in [-0.4, -0.2) is 35.2 Å². The van der Waals surface area contributed by atoms with Crippen molar-refractivity contribution in [2.75, 3.05) is 13.1 Å². The number of hydrogen-bond donors (Lipinski definition) is 2. The van der Waals surface area contributed by atoms with Crippen molar-refractivity contribution < 1.29 is 9.90 Å². The maximum absolute atomic E-state index is 10.8. The van der Waals surface area contributed by atoms with Gasteiger partial charge in [0.25, 0.3) is 5.91 Å². The average Bonchev–Trinajstić information content (AvgIpc) is 2.04. The minimum absolute atomic E-state index is 0.218. The van der Waals surface area contributed by atoms with Crippen LogP contribution in [0.25, 0.3) is 0 Å². The molecule has 0 aromatic rings.